The molecule has 0 bridgehead atoms. The van der Waals surface area contributed by atoms with Gasteiger partial charge in [-0.2, -0.15) is 0 Å². The van der Waals surface area contributed by atoms with Gasteiger partial charge in [-0.3, -0.25) is 0 Å². The van der Waals surface area contributed by atoms with Gasteiger partial charge in [0, 0.05) is 29.2 Å². The molecule has 20 heavy (non-hydrogen) atoms. The zero-order chi connectivity index (χ0) is 13.8. The second-order valence-corrected chi connectivity index (χ2v) is 4.40. The lowest BCUT2D eigenvalue weighted by atomic mass is 10.2. The minimum Gasteiger partial charge on any atom is -0.323 e. The molecule has 3 rings (SSSR count). The van der Waals surface area contributed by atoms with E-state index in [4.69, 9.17) is 0 Å². The Hall–Kier alpha value is -2.79. The lowest BCUT2D eigenvalue weighted by Gasteiger charge is -2.00. The van der Waals surface area contributed by atoms with Gasteiger partial charge in [0.1, 0.15) is 5.82 Å². The molecule has 0 amide bonds. The van der Waals surface area contributed by atoms with Crippen molar-refractivity contribution in [1.29, 1.82) is 0 Å². The van der Waals surface area contributed by atoms with Crippen molar-refractivity contribution in [3.05, 3.63) is 90.0 Å². The maximum absolute atomic E-state index is 12.9. The summed E-state index contributed by atoms with van der Waals surface area (Å²) < 4.78 is 14.8. The summed E-state index contributed by atoms with van der Waals surface area (Å²) in [6.45, 7) is 0. The molecule has 0 aliphatic heterocycles. The summed E-state index contributed by atoms with van der Waals surface area (Å²) in [6, 6.07) is 18.2. The second kappa shape index (κ2) is 5.46. The first-order valence-electron chi connectivity index (χ1n) is 6.32. The summed E-state index contributed by atoms with van der Waals surface area (Å²) in [6.07, 6.45) is 3.85. The molecule has 2 aromatic carbocycles. The van der Waals surface area contributed by atoms with E-state index < -0.39 is 0 Å². The molecule has 0 unspecified atom stereocenters. The average Bonchev–Trinajstić information content (AvgIpc) is 2.96. The summed E-state index contributed by atoms with van der Waals surface area (Å²) in [5, 5.41) is 0. The predicted octanol–water partition coefficient (Wildman–Crippen LogP) is 4.02. The minimum atomic E-state index is -0.231. The standard InChI is InChI=1S/C18H12FN/c19-17-8-10-18(11-9-17)20-13-12-16(14-20)7-6-15-4-2-1-3-5-15/h1-5,8-14H. The van der Waals surface area contributed by atoms with E-state index in [0.29, 0.717) is 0 Å². The highest BCUT2D eigenvalue weighted by molar-refractivity contribution is 5.44. The Labute approximate surface area is 117 Å². The molecule has 96 valence electrons. The van der Waals surface area contributed by atoms with Gasteiger partial charge in [-0.1, -0.05) is 30.0 Å². The van der Waals surface area contributed by atoms with Crippen molar-refractivity contribution in [2.75, 3.05) is 0 Å². The Balaban J connectivity index is 1.84. The first-order valence-corrected chi connectivity index (χ1v) is 6.32. The van der Waals surface area contributed by atoms with E-state index >= 15 is 0 Å². The van der Waals surface area contributed by atoms with Crippen LogP contribution < -0.4 is 0 Å². The molecule has 0 fully saturated rings. The quantitative estimate of drug-likeness (QED) is 0.583. The SMILES string of the molecule is Fc1ccc(-n2ccc(C#Cc3ccccc3)c2)cc1. The molecule has 1 heterocycles. The van der Waals surface area contributed by atoms with Crippen LogP contribution in [0.5, 0.6) is 0 Å². The van der Waals surface area contributed by atoms with Gasteiger partial charge in [-0.05, 0) is 42.5 Å². The summed E-state index contributed by atoms with van der Waals surface area (Å²) in [4.78, 5) is 0. The van der Waals surface area contributed by atoms with Gasteiger partial charge in [0.05, 0.1) is 0 Å². The van der Waals surface area contributed by atoms with Gasteiger partial charge in [0.2, 0.25) is 0 Å². The minimum absolute atomic E-state index is 0.231. The van der Waals surface area contributed by atoms with Crippen LogP contribution in [-0.2, 0) is 0 Å². The van der Waals surface area contributed by atoms with Crippen molar-refractivity contribution in [2.24, 2.45) is 0 Å². The fourth-order valence-electron chi connectivity index (χ4n) is 1.91. The highest BCUT2D eigenvalue weighted by Crippen LogP contribution is 2.11. The van der Waals surface area contributed by atoms with Crippen molar-refractivity contribution < 1.29 is 4.39 Å². The molecule has 0 aliphatic carbocycles. The first kappa shape index (κ1) is 12.3. The molecule has 0 atom stereocenters. The number of halogens is 1. The smallest absolute Gasteiger partial charge is 0.123 e. The van der Waals surface area contributed by atoms with E-state index in [-0.39, 0.29) is 5.82 Å². The Bertz CT molecular complexity index is 758. The van der Waals surface area contributed by atoms with Crippen LogP contribution in [0.1, 0.15) is 11.1 Å². The third-order valence-electron chi connectivity index (χ3n) is 2.94. The maximum Gasteiger partial charge on any atom is 0.123 e. The topological polar surface area (TPSA) is 4.93 Å². The molecule has 3 aromatic rings. The highest BCUT2D eigenvalue weighted by Gasteiger charge is 1.97. The number of nitrogens with zero attached hydrogens (tertiary/aromatic N) is 1. The van der Waals surface area contributed by atoms with Gasteiger partial charge in [0.25, 0.3) is 0 Å². The average molecular weight is 261 g/mol. The molecule has 0 radical (unpaired) electrons. The third kappa shape index (κ3) is 2.78. The van der Waals surface area contributed by atoms with Gasteiger partial charge in [-0.15, -0.1) is 0 Å². The molecular formula is C18H12FN. The third-order valence-corrected chi connectivity index (χ3v) is 2.94. The van der Waals surface area contributed by atoms with Crippen LogP contribution in [0.25, 0.3) is 5.69 Å². The van der Waals surface area contributed by atoms with E-state index in [9.17, 15) is 4.39 Å². The largest absolute Gasteiger partial charge is 0.323 e. The van der Waals surface area contributed by atoms with Crippen molar-refractivity contribution >= 4 is 0 Å². The fourth-order valence-corrected chi connectivity index (χ4v) is 1.91. The molecular weight excluding hydrogens is 249 g/mol. The number of aromatic nitrogens is 1. The Morgan fingerprint density at radius 3 is 2.20 bits per heavy atom. The molecule has 0 spiro atoms. The van der Waals surface area contributed by atoms with E-state index in [1.165, 1.54) is 12.1 Å². The van der Waals surface area contributed by atoms with Crippen LogP contribution in [0.3, 0.4) is 0 Å². The number of rotatable bonds is 1. The van der Waals surface area contributed by atoms with Gasteiger partial charge < -0.3 is 4.57 Å². The molecule has 0 saturated heterocycles. The Morgan fingerprint density at radius 1 is 0.750 bits per heavy atom. The zero-order valence-corrected chi connectivity index (χ0v) is 10.8. The Kier molecular flexibility index (Phi) is 3.34. The molecule has 2 heteroatoms. The van der Waals surface area contributed by atoms with Crippen molar-refractivity contribution in [2.45, 2.75) is 0 Å². The van der Waals surface area contributed by atoms with Gasteiger partial charge in [0.15, 0.2) is 0 Å². The molecule has 0 N–H and O–H groups in total. The normalized spacial score (nSPS) is 9.85. The monoisotopic (exact) mass is 261 g/mol. The van der Waals surface area contributed by atoms with Crippen LogP contribution >= 0.6 is 0 Å². The van der Waals surface area contributed by atoms with Crippen LogP contribution in [0.15, 0.2) is 73.1 Å². The van der Waals surface area contributed by atoms with E-state index in [2.05, 4.69) is 11.8 Å². The number of benzene rings is 2. The van der Waals surface area contributed by atoms with Gasteiger partial charge >= 0.3 is 0 Å². The van der Waals surface area contributed by atoms with Gasteiger partial charge in [-0.25, -0.2) is 4.39 Å². The van der Waals surface area contributed by atoms with Crippen LogP contribution in [0, 0.1) is 17.7 Å². The molecule has 1 aromatic heterocycles. The summed E-state index contributed by atoms with van der Waals surface area (Å²) in [5.41, 5.74) is 2.83. The lowest BCUT2D eigenvalue weighted by molar-refractivity contribution is 0.627. The number of hydrogen-bond donors (Lipinski definition) is 0. The molecule has 0 aliphatic rings. The van der Waals surface area contributed by atoms with E-state index in [1.54, 1.807) is 12.1 Å². The zero-order valence-electron chi connectivity index (χ0n) is 10.8. The van der Waals surface area contributed by atoms with Crippen LogP contribution in [0.4, 0.5) is 4.39 Å². The Morgan fingerprint density at radius 2 is 1.45 bits per heavy atom. The van der Waals surface area contributed by atoms with Crippen molar-refractivity contribution in [1.82, 2.24) is 4.57 Å². The summed E-state index contributed by atoms with van der Waals surface area (Å²) in [5.74, 6) is 6.00. The molecule has 0 saturated carbocycles. The molecule has 1 nitrogen and oxygen atoms in total. The van der Waals surface area contributed by atoms with Crippen LogP contribution in [-0.4, -0.2) is 4.57 Å². The predicted molar refractivity (Wildman–Crippen MR) is 78.1 cm³/mol. The maximum atomic E-state index is 12.9. The van der Waals surface area contributed by atoms with Crippen molar-refractivity contribution in [3.63, 3.8) is 0 Å². The van der Waals surface area contributed by atoms with Crippen molar-refractivity contribution in [3.8, 4) is 17.5 Å². The summed E-state index contributed by atoms with van der Waals surface area (Å²) in [7, 11) is 0. The van der Waals surface area contributed by atoms with E-state index in [1.807, 2.05) is 53.4 Å². The van der Waals surface area contributed by atoms with Crippen LogP contribution in [0.2, 0.25) is 0 Å². The fraction of sp³-hybridized carbons (Fsp3) is 0. The lowest BCUT2D eigenvalue weighted by Crippen LogP contribution is -1.89. The second-order valence-electron chi connectivity index (χ2n) is 4.40. The highest BCUT2D eigenvalue weighted by atomic mass is 19.1. The number of hydrogen-bond acceptors (Lipinski definition) is 0. The summed E-state index contributed by atoms with van der Waals surface area (Å²) >= 11 is 0. The van der Waals surface area contributed by atoms with E-state index in [0.717, 1.165) is 16.8 Å². The first-order chi connectivity index (χ1) is 9.81.